The van der Waals surface area contributed by atoms with E-state index in [9.17, 15) is 0 Å². The first-order valence-corrected chi connectivity index (χ1v) is 5.64. The van der Waals surface area contributed by atoms with E-state index in [1.165, 1.54) is 23.2 Å². The van der Waals surface area contributed by atoms with E-state index in [1.807, 2.05) is 0 Å². The first-order chi connectivity index (χ1) is 7.25. The van der Waals surface area contributed by atoms with Gasteiger partial charge in [-0.15, -0.1) is 0 Å². The van der Waals surface area contributed by atoms with Crippen molar-refractivity contribution in [3.05, 3.63) is 29.3 Å². The van der Waals surface area contributed by atoms with Crippen molar-refractivity contribution in [3.63, 3.8) is 0 Å². The fourth-order valence-corrected chi connectivity index (χ4v) is 1.92. The van der Waals surface area contributed by atoms with Gasteiger partial charge in [0.15, 0.2) is 0 Å². The lowest BCUT2D eigenvalue weighted by Crippen LogP contribution is -2.14. The van der Waals surface area contributed by atoms with Gasteiger partial charge in [0.1, 0.15) is 0 Å². The second-order valence-electron chi connectivity index (χ2n) is 4.43. The maximum Gasteiger partial charge on any atom is 0.0511 e. The minimum atomic E-state index is 0.685. The first-order valence-electron chi connectivity index (χ1n) is 5.64. The zero-order valence-electron chi connectivity index (χ0n) is 9.55. The highest BCUT2D eigenvalue weighted by atomic mass is 16.5. The third kappa shape index (κ3) is 2.72. The molecule has 1 fully saturated rings. The zero-order chi connectivity index (χ0) is 10.7. The molecule has 1 heterocycles. The largest absolute Gasteiger partial charge is 0.384 e. The van der Waals surface area contributed by atoms with E-state index in [1.54, 1.807) is 0 Å². The van der Waals surface area contributed by atoms with Crippen molar-refractivity contribution in [2.75, 3.05) is 25.1 Å². The molecule has 2 nitrogen and oxygen atoms in total. The summed E-state index contributed by atoms with van der Waals surface area (Å²) < 4.78 is 5.36. The van der Waals surface area contributed by atoms with E-state index in [0.29, 0.717) is 5.92 Å². The number of rotatable bonds is 3. The third-order valence-electron chi connectivity index (χ3n) is 3.00. The number of hydrogen-bond acceptors (Lipinski definition) is 2. The number of nitrogens with one attached hydrogen (secondary N) is 1. The predicted molar refractivity (Wildman–Crippen MR) is 63.3 cm³/mol. The minimum absolute atomic E-state index is 0.685. The second kappa shape index (κ2) is 4.67. The first kappa shape index (κ1) is 10.5. The van der Waals surface area contributed by atoms with Crippen LogP contribution in [0.15, 0.2) is 18.2 Å². The van der Waals surface area contributed by atoms with Gasteiger partial charge in [-0.3, -0.25) is 0 Å². The second-order valence-corrected chi connectivity index (χ2v) is 4.43. The van der Waals surface area contributed by atoms with Gasteiger partial charge in [-0.25, -0.2) is 0 Å². The van der Waals surface area contributed by atoms with Crippen LogP contribution in [0.4, 0.5) is 5.69 Å². The molecule has 1 aliphatic heterocycles. The van der Waals surface area contributed by atoms with Crippen molar-refractivity contribution in [3.8, 4) is 0 Å². The Hall–Kier alpha value is -1.02. The lowest BCUT2D eigenvalue weighted by atomic mass is 10.1. The Morgan fingerprint density at radius 1 is 1.40 bits per heavy atom. The van der Waals surface area contributed by atoms with E-state index >= 15 is 0 Å². The van der Waals surface area contributed by atoms with Gasteiger partial charge in [0, 0.05) is 24.8 Å². The molecule has 1 N–H and O–H groups in total. The summed E-state index contributed by atoms with van der Waals surface area (Å²) in [6.45, 7) is 7.15. The summed E-state index contributed by atoms with van der Waals surface area (Å²) in [6.07, 6.45) is 1.19. The molecule has 2 rings (SSSR count). The van der Waals surface area contributed by atoms with Crippen molar-refractivity contribution in [2.24, 2.45) is 5.92 Å². The summed E-state index contributed by atoms with van der Waals surface area (Å²) in [6, 6.07) is 6.53. The van der Waals surface area contributed by atoms with Gasteiger partial charge >= 0.3 is 0 Å². The van der Waals surface area contributed by atoms with Gasteiger partial charge in [-0.2, -0.15) is 0 Å². The summed E-state index contributed by atoms with van der Waals surface area (Å²) in [7, 11) is 0. The van der Waals surface area contributed by atoms with Crippen LogP contribution in [0, 0.1) is 19.8 Å². The van der Waals surface area contributed by atoms with Gasteiger partial charge in [0.25, 0.3) is 0 Å². The topological polar surface area (TPSA) is 21.3 Å². The highest BCUT2D eigenvalue weighted by molar-refractivity contribution is 5.52. The Morgan fingerprint density at radius 3 is 3.00 bits per heavy atom. The van der Waals surface area contributed by atoms with Gasteiger partial charge in [0.2, 0.25) is 0 Å². The number of ether oxygens (including phenoxy) is 1. The van der Waals surface area contributed by atoms with E-state index in [4.69, 9.17) is 4.74 Å². The summed E-state index contributed by atoms with van der Waals surface area (Å²) in [5.41, 5.74) is 3.90. The molecule has 0 spiro atoms. The van der Waals surface area contributed by atoms with Crippen molar-refractivity contribution < 1.29 is 4.74 Å². The molecule has 0 aliphatic carbocycles. The summed E-state index contributed by atoms with van der Waals surface area (Å²) in [5, 5.41) is 3.52. The Bertz CT molecular complexity index is 329. The van der Waals surface area contributed by atoms with Crippen LogP contribution >= 0.6 is 0 Å². The number of hydrogen-bond donors (Lipinski definition) is 1. The fraction of sp³-hybridized carbons (Fsp3) is 0.538. The molecule has 82 valence electrons. The fourth-order valence-electron chi connectivity index (χ4n) is 1.92. The monoisotopic (exact) mass is 205 g/mol. The van der Waals surface area contributed by atoms with Crippen LogP contribution in [0.1, 0.15) is 17.5 Å². The maximum atomic E-state index is 5.36. The molecule has 0 amide bonds. The summed E-state index contributed by atoms with van der Waals surface area (Å²) in [5.74, 6) is 0.685. The van der Waals surface area contributed by atoms with Crippen LogP contribution in [0.5, 0.6) is 0 Å². The highest BCUT2D eigenvalue weighted by Crippen LogP contribution is 2.18. The smallest absolute Gasteiger partial charge is 0.0511 e. The maximum absolute atomic E-state index is 5.36. The van der Waals surface area contributed by atoms with Crippen molar-refractivity contribution in [1.29, 1.82) is 0 Å². The van der Waals surface area contributed by atoms with Gasteiger partial charge in [-0.05, 0) is 37.5 Å². The van der Waals surface area contributed by atoms with E-state index in [0.717, 1.165) is 19.8 Å². The van der Waals surface area contributed by atoms with Crippen LogP contribution in [-0.4, -0.2) is 19.8 Å². The molecular formula is C13H19NO. The van der Waals surface area contributed by atoms with E-state index in [-0.39, 0.29) is 0 Å². The van der Waals surface area contributed by atoms with Crippen LogP contribution in [0.25, 0.3) is 0 Å². The van der Waals surface area contributed by atoms with Crippen LogP contribution < -0.4 is 5.32 Å². The molecule has 15 heavy (non-hydrogen) atoms. The predicted octanol–water partition coefficient (Wildman–Crippen LogP) is 2.75. The van der Waals surface area contributed by atoms with Gasteiger partial charge in [0.05, 0.1) is 6.61 Å². The quantitative estimate of drug-likeness (QED) is 0.819. The molecule has 0 bridgehead atoms. The molecule has 1 aliphatic rings. The van der Waals surface area contributed by atoms with Crippen molar-refractivity contribution in [1.82, 2.24) is 0 Å². The van der Waals surface area contributed by atoms with Crippen LogP contribution in [-0.2, 0) is 4.74 Å². The molecule has 1 saturated heterocycles. The van der Waals surface area contributed by atoms with E-state index < -0.39 is 0 Å². The third-order valence-corrected chi connectivity index (χ3v) is 3.00. The van der Waals surface area contributed by atoms with Crippen LogP contribution in [0.2, 0.25) is 0 Å². The van der Waals surface area contributed by atoms with Crippen molar-refractivity contribution in [2.45, 2.75) is 20.3 Å². The Labute approximate surface area is 91.6 Å². The Morgan fingerprint density at radius 2 is 2.27 bits per heavy atom. The Balaban J connectivity index is 1.94. The normalized spacial score (nSPS) is 20.5. The standard InChI is InChI=1S/C13H19NO/c1-10-3-4-11(2)13(7-10)14-8-12-5-6-15-9-12/h3-4,7,12,14H,5-6,8-9H2,1-2H3. The lowest BCUT2D eigenvalue weighted by molar-refractivity contribution is 0.187. The Kier molecular flexibility index (Phi) is 3.27. The molecule has 0 saturated carbocycles. The average Bonchev–Trinajstić information content (AvgIpc) is 2.72. The molecule has 0 aromatic heterocycles. The highest BCUT2D eigenvalue weighted by Gasteiger charge is 2.15. The molecule has 2 heteroatoms. The van der Waals surface area contributed by atoms with E-state index in [2.05, 4.69) is 37.4 Å². The lowest BCUT2D eigenvalue weighted by Gasteiger charge is -2.13. The minimum Gasteiger partial charge on any atom is -0.384 e. The van der Waals surface area contributed by atoms with Crippen molar-refractivity contribution >= 4 is 5.69 Å². The average molecular weight is 205 g/mol. The molecule has 1 aromatic rings. The zero-order valence-corrected chi connectivity index (χ0v) is 9.55. The van der Waals surface area contributed by atoms with Crippen LogP contribution in [0.3, 0.4) is 0 Å². The summed E-state index contributed by atoms with van der Waals surface area (Å²) in [4.78, 5) is 0. The number of anilines is 1. The summed E-state index contributed by atoms with van der Waals surface area (Å²) >= 11 is 0. The molecule has 1 unspecified atom stereocenters. The molecule has 1 atom stereocenters. The number of benzene rings is 1. The molecule has 0 radical (unpaired) electrons. The number of aryl methyl sites for hydroxylation is 2. The van der Waals surface area contributed by atoms with Gasteiger partial charge < -0.3 is 10.1 Å². The molecular weight excluding hydrogens is 186 g/mol. The van der Waals surface area contributed by atoms with Gasteiger partial charge in [-0.1, -0.05) is 12.1 Å². The molecule has 1 aromatic carbocycles. The SMILES string of the molecule is Cc1ccc(C)c(NCC2CCOC2)c1.